The minimum atomic E-state index is -0.257. The molecular formula is C29H36ClN7O2. The van der Waals surface area contributed by atoms with E-state index in [0.29, 0.717) is 37.3 Å². The maximum absolute atomic E-state index is 6.70. The smallest absolute Gasteiger partial charge is 0.229 e. The van der Waals surface area contributed by atoms with Crippen molar-refractivity contribution in [3.63, 3.8) is 0 Å². The lowest BCUT2D eigenvalue weighted by Crippen LogP contribution is -2.54. The van der Waals surface area contributed by atoms with E-state index in [1.165, 1.54) is 0 Å². The van der Waals surface area contributed by atoms with Crippen molar-refractivity contribution in [2.75, 3.05) is 55.1 Å². The first-order valence-corrected chi connectivity index (χ1v) is 14.0. The maximum Gasteiger partial charge on any atom is 0.229 e. The average Bonchev–Trinajstić information content (AvgIpc) is 3.16. The molecule has 2 fully saturated rings. The standard InChI is InChI=1S/C29H36ClN7O2/c1-28(2)15-24-29(3,18-39-28)21-17-32-27(35-26(21)37(24)25-7-5-6-20(33-25)16-31-4)34-19-8-9-23(22(30)14-19)36-10-12-38-13-11-36/h5-9,14,17,24,31H,10-13,15-16,18H2,1-4H3,(H,32,34,35)/t24-,29-/m1/s1. The fourth-order valence-corrected chi connectivity index (χ4v) is 6.22. The average molecular weight is 550 g/mol. The SMILES string of the molecule is CNCc1cccc(N2c3nc(Nc4ccc(N5CCOCC5)c(Cl)c4)ncc3[C@@]3(C)COC(C)(C)C[C@@H]23)n1. The summed E-state index contributed by atoms with van der Waals surface area (Å²) in [7, 11) is 1.93. The van der Waals surface area contributed by atoms with E-state index in [1.807, 2.05) is 37.5 Å². The van der Waals surface area contributed by atoms with Crippen molar-refractivity contribution in [3.05, 3.63) is 58.9 Å². The summed E-state index contributed by atoms with van der Waals surface area (Å²) in [6.07, 6.45) is 2.79. The van der Waals surface area contributed by atoms with Gasteiger partial charge in [0.1, 0.15) is 11.6 Å². The largest absolute Gasteiger partial charge is 0.378 e. The van der Waals surface area contributed by atoms with Gasteiger partial charge in [0.05, 0.1) is 47.9 Å². The molecule has 0 amide bonds. The first-order chi connectivity index (χ1) is 18.8. The van der Waals surface area contributed by atoms with Gasteiger partial charge in [-0.25, -0.2) is 9.97 Å². The molecule has 2 atom stereocenters. The number of nitrogens with zero attached hydrogens (tertiary/aromatic N) is 5. The second-order valence-electron chi connectivity index (χ2n) is 11.4. The summed E-state index contributed by atoms with van der Waals surface area (Å²) in [5, 5.41) is 7.28. The highest BCUT2D eigenvalue weighted by atomic mass is 35.5. The van der Waals surface area contributed by atoms with Gasteiger partial charge in [0.2, 0.25) is 5.95 Å². The van der Waals surface area contributed by atoms with Crippen molar-refractivity contribution < 1.29 is 9.47 Å². The van der Waals surface area contributed by atoms with Crippen LogP contribution in [-0.4, -0.2) is 66.6 Å². The van der Waals surface area contributed by atoms with E-state index in [2.05, 4.69) is 53.3 Å². The number of rotatable bonds is 6. The van der Waals surface area contributed by atoms with Crippen LogP contribution < -0.4 is 20.4 Å². The summed E-state index contributed by atoms with van der Waals surface area (Å²) in [6.45, 7) is 10.9. The first-order valence-electron chi connectivity index (χ1n) is 13.6. The third-order valence-corrected chi connectivity index (χ3v) is 8.36. The Morgan fingerprint density at radius 2 is 1.92 bits per heavy atom. The number of anilines is 5. The van der Waals surface area contributed by atoms with Gasteiger partial charge in [-0.05, 0) is 57.6 Å². The van der Waals surface area contributed by atoms with Crippen molar-refractivity contribution in [1.29, 1.82) is 0 Å². The van der Waals surface area contributed by atoms with Gasteiger partial charge in [0.25, 0.3) is 0 Å². The van der Waals surface area contributed by atoms with Crippen molar-refractivity contribution in [2.45, 2.75) is 50.8 Å². The van der Waals surface area contributed by atoms with Gasteiger partial charge in [0, 0.05) is 42.5 Å². The molecular weight excluding hydrogens is 514 g/mol. The zero-order valence-corrected chi connectivity index (χ0v) is 23.8. The summed E-state index contributed by atoms with van der Waals surface area (Å²) in [6, 6.07) is 12.3. The van der Waals surface area contributed by atoms with Gasteiger partial charge < -0.3 is 29.9 Å². The molecule has 0 unspecified atom stereocenters. The second-order valence-corrected chi connectivity index (χ2v) is 11.8. The molecule has 2 saturated heterocycles. The van der Waals surface area contributed by atoms with E-state index in [1.54, 1.807) is 0 Å². The van der Waals surface area contributed by atoms with E-state index < -0.39 is 0 Å². The number of hydrogen-bond donors (Lipinski definition) is 2. The van der Waals surface area contributed by atoms with Crippen LogP contribution >= 0.6 is 11.6 Å². The number of hydrogen-bond acceptors (Lipinski definition) is 9. The van der Waals surface area contributed by atoms with E-state index >= 15 is 0 Å². The molecule has 3 aliphatic rings. The highest BCUT2D eigenvalue weighted by Crippen LogP contribution is 2.53. The van der Waals surface area contributed by atoms with Crippen molar-refractivity contribution >= 4 is 40.6 Å². The molecule has 10 heteroatoms. The number of fused-ring (bicyclic) bond motifs is 3. The van der Waals surface area contributed by atoms with E-state index in [0.717, 1.165) is 53.8 Å². The van der Waals surface area contributed by atoms with E-state index in [-0.39, 0.29) is 17.1 Å². The molecule has 0 bridgehead atoms. The van der Waals surface area contributed by atoms with Crippen LogP contribution in [-0.2, 0) is 21.4 Å². The van der Waals surface area contributed by atoms with Crippen LogP contribution in [0.15, 0.2) is 42.6 Å². The van der Waals surface area contributed by atoms with Crippen LogP contribution in [0, 0.1) is 0 Å². The molecule has 39 heavy (non-hydrogen) atoms. The lowest BCUT2D eigenvalue weighted by molar-refractivity contribution is -0.0893. The zero-order chi connectivity index (χ0) is 27.2. The number of halogens is 1. The summed E-state index contributed by atoms with van der Waals surface area (Å²) in [4.78, 5) is 19.3. The molecule has 6 rings (SSSR count). The number of pyridine rings is 1. The predicted molar refractivity (Wildman–Crippen MR) is 155 cm³/mol. The molecule has 0 aliphatic carbocycles. The molecule has 1 aromatic carbocycles. The molecule has 2 aromatic heterocycles. The lowest BCUT2D eigenvalue weighted by Gasteiger charge is -2.46. The quantitative estimate of drug-likeness (QED) is 0.450. The van der Waals surface area contributed by atoms with Crippen molar-refractivity contribution in [3.8, 4) is 0 Å². The Morgan fingerprint density at radius 3 is 2.69 bits per heavy atom. The number of morpholine rings is 1. The van der Waals surface area contributed by atoms with E-state index in [4.69, 9.17) is 36.0 Å². The lowest BCUT2D eigenvalue weighted by atomic mass is 9.73. The Kier molecular flexibility index (Phi) is 6.87. The number of nitrogens with one attached hydrogen (secondary N) is 2. The van der Waals surface area contributed by atoms with Crippen molar-refractivity contribution in [1.82, 2.24) is 20.3 Å². The van der Waals surface area contributed by atoms with Crippen LogP contribution in [0.5, 0.6) is 0 Å². The topological polar surface area (TPSA) is 87.7 Å². The number of aromatic nitrogens is 3. The minimum absolute atomic E-state index is 0.139. The molecule has 3 aliphatic heterocycles. The fraction of sp³-hybridized carbons (Fsp3) is 0.483. The van der Waals surface area contributed by atoms with Gasteiger partial charge in [0.15, 0.2) is 0 Å². The zero-order valence-electron chi connectivity index (χ0n) is 23.0. The molecule has 9 nitrogen and oxygen atoms in total. The van der Waals surface area contributed by atoms with Crippen LogP contribution in [0.2, 0.25) is 5.02 Å². The van der Waals surface area contributed by atoms with E-state index in [9.17, 15) is 0 Å². The number of ether oxygens (including phenoxy) is 2. The summed E-state index contributed by atoms with van der Waals surface area (Å²) < 4.78 is 11.8. The normalized spacial score (nSPS) is 23.9. The van der Waals surface area contributed by atoms with Crippen molar-refractivity contribution in [2.24, 2.45) is 0 Å². The molecule has 5 heterocycles. The van der Waals surface area contributed by atoms with Crippen LogP contribution in [0.1, 0.15) is 38.4 Å². The molecule has 0 spiro atoms. The minimum Gasteiger partial charge on any atom is -0.378 e. The second kappa shape index (κ2) is 10.2. The third-order valence-electron chi connectivity index (χ3n) is 8.06. The summed E-state index contributed by atoms with van der Waals surface area (Å²) in [5.41, 5.74) is 3.41. The molecule has 206 valence electrons. The molecule has 3 aromatic rings. The molecule has 0 saturated carbocycles. The predicted octanol–water partition coefficient (Wildman–Crippen LogP) is 4.80. The fourth-order valence-electron chi connectivity index (χ4n) is 5.92. The monoisotopic (exact) mass is 549 g/mol. The van der Waals surface area contributed by atoms with Gasteiger partial charge in [-0.15, -0.1) is 0 Å². The first kappa shape index (κ1) is 26.3. The van der Waals surface area contributed by atoms with Crippen LogP contribution in [0.3, 0.4) is 0 Å². The molecule has 0 radical (unpaired) electrons. The molecule has 2 N–H and O–H groups in total. The Hall–Kier alpha value is -2.98. The van der Waals surface area contributed by atoms with Gasteiger partial charge in [-0.3, -0.25) is 0 Å². The Labute approximate surface area is 234 Å². The highest BCUT2D eigenvalue weighted by Gasteiger charge is 2.55. The van der Waals surface area contributed by atoms with Gasteiger partial charge in [-0.2, -0.15) is 4.98 Å². The van der Waals surface area contributed by atoms with Crippen LogP contribution in [0.4, 0.5) is 29.0 Å². The highest BCUT2D eigenvalue weighted by molar-refractivity contribution is 6.33. The van der Waals surface area contributed by atoms with Gasteiger partial charge >= 0.3 is 0 Å². The van der Waals surface area contributed by atoms with Crippen LogP contribution in [0.25, 0.3) is 0 Å². The number of benzene rings is 1. The Bertz CT molecular complexity index is 1360. The maximum atomic E-state index is 6.70. The summed E-state index contributed by atoms with van der Waals surface area (Å²) in [5.74, 6) is 2.27. The summed E-state index contributed by atoms with van der Waals surface area (Å²) >= 11 is 6.70. The Morgan fingerprint density at radius 1 is 1.10 bits per heavy atom. The van der Waals surface area contributed by atoms with Gasteiger partial charge in [-0.1, -0.05) is 24.6 Å². The third kappa shape index (κ3) is 4.93. The Balaban J connectivity index is 1.35.